The minimum atomic E-state index is -3.82. The summed E-state index contributed by atoms with van der Waals surface area (Å²) in [5.41, 5.74) is 0.282. The number of sulfonamides is 1. The van der Waals surface area contributed by atoms with Crippen LogP contribution in [0.5, 0.6) is 0 Å². The van der Waals surface area contributed by atoms with Gasteiger partial charge >= 0.3 is 5.76 Å². The molecule has 0 aliphatic carbocycles. The second-order valence-corrected chi connectivity index (χ2v) is 8.67. The number of rotatable bonds is 4. The smallest absolute Gasteiger partial charge is 0.408 e. The van der Waals surface area contributed by atoms with E-state index in [9.17, 15) is 18.3 Å². The summed E-state index contributed by atoms with van der Waals surface area (Å²) >= 11 is 0. The Morgan fingerprint density at radius 2 is 1.93 bits per heavy atom. The van der Waals surface area contributed by atoms with E-state index >= 15 is 0 Å². The molecule has 1 atom stereocenters. The van der Waals surface area contributed by atoms with E-state index in [1.807, 2.05) is 25.1 Å². The number of hydrogen-bond acceptors (Lipinski definition) is 5. The first-order valence-electron chi connectivity index (χ1n) is 8.76. The summed E-state index contributed by atoms with van der Waals surface area (Å²) in [4.78, 5) is 11.9. The maximum atomic E-state index is 13.0. The zero-order chi connectivity index (χ0) is 19.2. The minimum absolute atomic E-state index is 0.0166. The van der Waals surface area contributed by atoms with Gasteiger partial charge in [-0.05, 0) is 31.0 Å². The molecule has 0 radical (unpaired) electrons. The Morgan fingerprint density at radius 3 is 2.63 bits per heavy atom. The highest BCUT2D eigenvalue weighted by molar-refractivity contribution is 7.89. The lowest BCUT2D eigenvalue weighted by molar-refractivity contribution is 0.0531. The molecule has 1 aliphatic rings. The van der Waals surface area contributed by atoms with Crippen molar-refractivity contribution in [2.24, 2.45) is 0 Å². The maximum Gasteiger partial charge on any atom is 0.419 e. The molecule has 4 rings (SSSR count). The molecule has 142 valence electrons. The second-order valence-electron chi connectivity index (χ2n) is 6.73. The molecule has 0 spiro atoms. The minimum Gasteiger partial charge on any atom is -0.408 e. The van der Waals surface area contributed by atoms with E-state index in [0.29, 0.717) is 24.0 Å². The Bertz CT molecular complexity index is 1150. The number of fused-ring (bicyclic) bond motifs is 1. The molecule has 1 saturated heterocycles. The highest BCUT2D eigenvalue weighted by Crippen LogP contribution is 2.35. The molecule has 1 N–H and O–H groups in total. The van der Waals surface area contributed by atoms with Crippen LogP contribution in [-0.2, 0) is 22.2 Å². The normalized spacial score (nSPS) is 21.1. The van der Waals surface area contributed by atoms with Gasteiger partial charge in [-0.15, -0.1) is 0 Å². The number of nitrogens with zero attached hydrogens (tertiary/aromatic N) is 2. The Balaban J connectivity index is 1.68. The van der Waals surface area contributed by atoms with Crippen LogP contribution in [0.25, 0.3) is 11.1 Å². The van der Waals surface area contributed by atoms with Crippen LogP contribution < -0.4 is 5.76 Å². The third-order valence-corrected chi connectivity index (χ3v) is 6.96. The first-order valence-corrected chi connectivity index (χ1v) is 10.2. The Morgan fingerprint density at radius 1 is 1.19 bits per heavy atom. The SMILES string of the molecule is CCn1c(=O)oc2cc(S(=O)(=O)N3CC[C@@](O)(c4ccccc4)C3)ccc21. The van der Waals surface area contributed by atoms with Crippen molar-refractivity contribution in [2.45, 2.75) is 30.4 Å². The van der Waals surface area contributed by atoms with Gasteiger partial charge in [0.05, 0.1) is 10.4 Å². The lowest BCUT2D eigenvalue weighted by atomic mass is 9.93. The van der Waals surface area contributed by atoms with Crippen molar-refractivity contribution in [2.75, 3.05) is 13.1 Å². The molecule has 2 aromatic carbocycles. The van der Waals surface area contributed by atoms with Crippen LogP contribution >= 0.6 is 0 Å². The van der Waals surface area contributed by atoms with Crippen LogP contribution in [0.3, 0.4) is 0 Å². The number of hydrogen-bond donors (Lipinski definition) is 1. The van der Waals surface area contributed by atoms with Crippen molar-refractivity contribution in [3.8, 4) is 0 Å². The summed E-state index contributed by atoms with van der Waals surface area (Å²) in [6, 6.07) is 13.5. The van der Waals surface area contributed by atoms with Crippen LogP contribution in [0.2, 0.25) is 0 Å². The predicted molar refractivity (Wildman–Crippen MR) is 99.9 cm³/mol. The van der Waals surface area contributed by atoms with Gasteiger partial charge in [-0.25, -0.2) is 13.2 Å². The van der Waals surface area contributed by atoms with Crippen LogP contribution in [0.4, 0.5) is 0 Å². The number of aromatic nitrogens is 1. The molecule has 3 aromatic rings. The second kappa shape index (κ2) is 6.33. The van der Waals surface area contributed by atoms with E-state index in [1.165, 1.54) is 21.0 Å². The van der Waals surface area contributed by atoms with Crippen LogP contribution in [0.15, 0.2) is 62.6 Å². The van der Waals surface area contributed by atoms with Gasteiger partial charge < -0.3 is 9.52 Å². The third-order valence-electron chi connectivity index (χ3n) is 5.12. The molecule has 0 saturated carbocycles. The summed E-state index contributed by atoms with van der Waals surface area (Å²) in [5, 5.41) is 10.9. The van der Waals surface area contributed by atoms with Crippen molar-refractivity contribution in [3.05, 3.63) is 64.6 Å². The van der Waals surface area contributed by atoms with Crippen molar-refractivity contribution in [3.63, 3.8) is 0 Å². The molecule has 7 nitrogen and oxygen atoms in total. The molecular weight excluding hydrogens is 368 g/mol. The van der Waals surface area contributed by atoms with Crippen molar-refractivity contribution in [1.29, 1.82) is 0 Å². The summed E-state index contributed by atoms with van der Waals surface area (Å²) in [6.07, 6.45) is 0.319. The molecular formula is C19H20N2O5S. The van der Waals surface area contributed by atoms with Gasteiger partial charge in [0.15, 0.2) is 5.58 Å². The summed E-state index contributed by atoms with van der Waals surface area (Å²) in [6.45, 7) is 2.45. The number of oxazole rings is 1. The van der Waals surface area contributed by atoms with Gasteiger partial charge in [-0.3, -0.25) is 4.57 Å². The van der Waals surface area contributed by atoms with Gasteiger partial charge in [0.1, 0.15) is 5.60 Å². The van der Waals surface area contributed by atoms with Gasteiger partial charge in [-0.1, -0.05) is 30.3 Å². The number of aryl methyl sites for hydroxylation is 1. The van der Waals surface area contributed by atoms with Gasteiger partial charge in [0.25, 0.3) is 0 Å². The monoisotopic (exact) mass is 388 g/mol. The van der Waals surface area contributed by atoms with Gasteiger partial charge in [0.2, 0.25) is 10.0 Å². The Labute approximate surface area is 156 Å². The van der Waals surface area contributed by atoms with Crippen LogP contribution in [0.1, 0.15) is 18.9 Å². The largest absolute Gasteiger partial charge is 0.419 e. The highest BCUT2D eigenvalue weighted by Gasteiger charge is 2.42. The van der Waals surface area contributed by atoms with Crippen molar-refractivity contribution >= 4 is 21.1 Å². The Kier molecular flexibility index (Phi) is 4.21. The predicted octanol–water partition coefficient (Wildman–Crippen LogP) is 1.90. The number of aliphatic hydroxyl groups is 1. The fourth-order valence-corrected chi connectivity index (χ4v) is 5.11. The molecule has 0 bridgehead atoms. The fraction of sp³-hybridized carbons (Fsp3) is 0.316. The maximum absolute atomic E-state index is 13.0. The molecule has 2 heterocycles. The molecule has 0 unspecified atom stereocenters. The van der Waals surface area contributed by atoms with E-state index < -0.39 is 21.4 Å². The lowest BCUT2D eigenvalue weighted by Crippen LogP contribution is -2.34. The summed E-state index contributed by atoms with van der Waals surface area (Å²) in [5.74, 6) is -0.512. The van der Waals surface area contributed by atoms with Gasteiger partial charge in [0, 0.05) is 25.7 Å². The molecule has 0 amide bonds. The molecule has 1 aliphatic heterocycles. The standard InChI is InChI=1S/C19H20N2O5S/c1-2-21-16-9-8-15(12-17(16)26-18(21)22)27(24,25)20-11-10-19(23,13-20)14-6-4-3-5-7-14/h3-9,12,23H,2,10-11,13H2,1H3/t19-/m0/s1. The fourth-order valence-electron chi connectivity index (χ4n) is 3.60. The average molecular weight is 388 g/mol. The topological polar surface area (TPSA) is 92.8 Å². The lowest BCUT2D eigenvalue weighted by Gasteiger charge is -2.23. The average Bonchev–Trinajstić information content (AvgIpc) is 3.22. The van der Waals surface area contributed by atoms with Crippen LogP contribution in [-0.4, -0.2) is 35.5 Å². The zero-order valence-corrected chi connectivity index (χ0v) is 15.6. The first-order chi connectivity index (χ1) is 12.8. The van der Waals surface area contributed by atoms with Crippen molar-refractivity contribution < 1.29 is 17.9 Å². The van der Waals surface area contributed by atoms with E-state index in [2.05, 4.69) is 0 Å². The summed E-state index contributed by atoms with van der Waals surface area (Å²) < 4.78 is 34.0. The van der Waals surface area contributed by atoms with E-state index in [0.717, 1.165) is 0 Å². The van der Waals surface area contributed by atoms with Crippen LogP contribution in [0, 0.1) is 0 Å². The molecule has 1 fully saturated rings. The van der Waals surface area contributed by atoms with Gasteiger partial charge in [-0.2, -0.15) is 4.31 Å². The number of benzene rings is 2. The molecule has 27 heavy (non-hydrogen) atoms. The molecule has 1 aromatic heterocycles. The number of β-amino-alcohol motifs (C(OH)–C–C–N with tert-alkyl or cyclic N) is 1. The Hall–Kier alpha value is -2.42. The van der Waals surface area contributed by atoms with Crippen molar-refractivity contribution in [1.82, 2.24) is 8.87 Å². The highest BCUT2D eigenvalue weighted by atomic mass is 32.2. The summed E-state index contributed by atoms with van der Waals surface area (Å²) in [7, 11) is -3.82. The first kappa shape index (κ1) is 18.0. The third kappa shape index (κ3) is 2.90. The molecule has 8 heteroatoms. The quantitative estimate of drug-likeness (QED) is 0.737. The van der Waals surface area contributed by atoms with E-state index in [-0.39, 0.29) is 23.6 Å². The zero-order valence-electron chi connectivity index (χ0n) is 14.8. The van der Waals surface area contributed by atoms with E-state index in [1.54, 1.807) is 18.2 Å². The van der Waals surface area contributed by atoms with E-state index in [4.69, 9.17) is 4.42 Å².